The first-order chi connectivity index (χ1) is 12.1. The van der Waals surface area contributed by atoms with Crippen LogP contribution >= 0.6 is 0 Å². The first-order valence-electron chi connectivity index (χ1n) is 8.26. The third kappa shape index (κ3) is 4.17. The van der Waals surface area contributed by atoms with Crippen molar-refractivity contribution < 1.29 is 19.1 Å². The number of Topliss-reactive ketones (excluding diaryl/α,β-unsaturated/α-hetero) is 1. The molecule has 0 bridgehead atoms. The van der Waals surface area contributed by atoms with E-state index in [0.717, 1.165) is 0 Å². The quantitative estimate of drug-likeness (QED) is 0.616. The Morgan fingerprint density at radius 1 is 0.808 bits per heavy atom. The Bertz CT molecular complexity index is 815. The molecule has 0 saturated heterocycles. The molecule has 1 amide bonds. The Morgan fingerprint density at radius 3 is 1.73 bits per heavy atom. The van der Waals surface area contributed by atoms with Crippen molar-refractivity contribution in [3.63, 3.8) is 0 Å². The van der Waals surface area contributed by atoms with Crippen LogP contribution in [0.15, 0.2) is 48.5 Å². The first-order valence-corrected chi connectivity index (χ1v) is 8.26. The number of carbonyl (C=O) groups is 3. The Morgan fingerprint density at radius 2 is 1.27 bits per heavy atom. The third-order valence-corrected chi connectivity index (χ3v) is 4.06. The molecule has 5 heteroatoms. The maximum Gasteiger partial charge on any atom is 0.337 e. The number of carbonyl (C=O) groups excluding carboxylic acids is 3. The minimum Gasteiger partial charge on any atom is -0.465 e. The smallest absolute Gasteiger partial charge is 0.337 e. The summed E-state index contributed by atoms with van der Waals surface area (Å²) in [5.74, 6) is -0.599. The normalized spacial score (nSPS) is 11.0. The number of rotatable bonds is 4. The number of nitrogens with zero attached hydrogens (tertiary/aromatic N) is 1. The Labute approximate surface area is 153 Å². The van der Waals surface area contributed by atoms with Crippen LogP contribution < -0.4 is 4.90 Å². The van der Waals surface area contributed by atoms with Crippen LogP contribution in [0.1, 0.15) is 51.8 Å². The first kappa shape index (κ1) is 19.4. The van der Waals surface area contributed by atoms with E-state index >= 15 is 0 Å². The van der Waals surface area contributed by atoms with Crippen LogP contribution in [-0.4, -0.2) is 31.8 Å². The number of anilines is 1. The van der Waals surface area contributed by atoms with Gasteiger partial charge < -0.3 is 9.64 Å². The van der Waals surface area contributed by atoms with Gasteiger partial charge in [-0.25, -0.2) is 4.79 Å². The summed E-state index contributed by atoms with van der Waals surface area (Å²) in [6, 6.07) is 13.2. The fourth-order valence-electron chi connectivity index (χ4n) is 2.45. The minimum atomic E-state index is -0.469. The molecule has 5 nitrogen and oxygen atoms in total. The summed E-state index contributed by atoms with van der Waals surface area (Å²) in [6.07, 6.45) is 0. The van der Waals surface area contributed by atoms with Gasteiger partial charge in [0, 0.05) is 29.3 Å². The maximum atomic E-state index is 12.6. The number of ether oxygens (including phenoxy) is 1. The molecule has 0 spiro atoms. The summed E-state index contributed by atoms with van der Waals surface area (Å²) in [5.41, 5.74) is 1.66. The molecule has 0 fully saturated rings. The van der Waals surface area contributed by atoms with Crippen LogP contribution in [0.2, 0.25) is 0 Å². The van der Waals surface area contributed by atoms with E-state index in [9.17, 15) is 14.4 Å². The molecule has 2 aromatic rings. The summed E-state index contributed by atoms with van der Waals surface area (Å²) in [5, 5.41) is 0. The van der Waals surface area contributed by atoms with E-state index in [1.807, 2.05) is 20.8 Å². The van der Waals surface area contributed by atoms with E-state index in [2.05, 4.69) is 4.74 Å². The molecule has 2 aromatic carbocycles. The highest BCUT2D eigenvalue weighted by atomic mass is 16.5. The average Bonchev–Trinajstić information content (AvgIpc) is 2.65. The van der Waals surface area contributed by atoms with Crippen molar-refractivity contribution in [2.24, 2.45) is 5.41 Å². The van der Waals surface area contributed by atoms with Gasteiger partial charge in [-0.1, -0.05) is 32.9 Å². The van der Waals surface area contributed by atoms with Crippen molar-refractivity contribution >= 4 is 23.3 Å². The van der Waals surface area contributed by atoms with E-state index < -0.39 is 11.4 Å². The Kier molecular flexibility index (Phi) is 5.60. The van der Waals surface area contributed by atoms with Gasteiger partial charge in [0.15, 0.2) is 5.78 Å². The number of methoxy groups -OCH3 is 1. The molecule has 0 aromatic heterocycles. The summed E-state index contributed by atoms with van der Waals surface area (Å²) in [7, 11) is 2.98. The van der Waals surface area contributed by atoms with E-state index in [4.69, 9.17) is 0 Å². The molecule has 0 aliphatic carbocycles. The lowest BCUT2D eigenvalue weighted by molar-refractivity contribution is 0.0600. The van der Waals surface area contributed by atoms with E-state index in [1.54, 1.807) is 55.6 Å². The standard InChI is InChI=1S/C21H23NO4/c1-21(2,3)18(23)14-6-8-15(9-7-14)19(24)22(4)17-12-10-16(11-13-17)20(25)26-5/h6-13H,1-5H3. The Hall–Kier alpha value is -2.95. The van der Waals surface area contributed by atoms with E-state index in [1.165, 1.54) is 12.0 Å². The van der Waals surface area contributed by atoms with Crippen molar-refractivity contribution in [3.05, 3.63) is 65.2 Å². The second-order valence-electron chi connectivity index (χ2n) is 7.06. The average molecular weight is 353 g/mol. The highest BCUT2D eigenvalue weighted by Crippen LogP contribution is 2.22. The molecule has 0 aliphatic heterocycles. The third-order valence-electron chi connectivity index (χ3n) is 4.06. The largest absolute Gasteiger partial charge is 0.465 e. The molecule has 26 heavy (non-hydrogen) atoms. The second-order valence-corrected chi connectivity index (χ2v) is 7.06. The van der Waals surface area contributed by atoms with Gasteiger partial charge in [-0.05, 0) is 36.4 Å². The fraction of sp³-hybridized carbons (Fsp3) is 0.286. The van der Waals surface area contributed by atoms with Crippen LogP contribution in [0, 0.1) is 5.41 Å². The predicted molar refractivity (Wildman–Crippen MR) is 101 cm³/mol. The zero-order valence-electron chi connectivity index (χ0n) is 15.7. The van der Waals surface area contributed by atoms with E-state index in [0.29, 0.717) is 22.4 Å². The second kappa shape index (κ2) is 7.52. The lowest BCUT2D eigenvalue weighted by Gasteiger charge is -2.19. The van der Waals surface area contributed by atoms with Gasteiger partial charge in [0.1, 0.15) is 0 Å². The highest BCUT2D eigenvalue weighted by molar-refractivity contribution is 6.07. The van der Waals surface area contributed by atoms with Crippen molar-refractivity contribution in [1.82, 2.24) is 0 Å². The molecule has 0 atom stereocenters. The van der Waals surface area contributed by atoms with Crippen LogP contribution in [0.25, 0.3) is 0 Å². The predicted octanol–water partition coefficient (Wildman–Crippen LogP) is 3.98. The van der Waals surface area contributed by atoms with E-state index in [-0.39, 0.29) is 11.7 Å². The fourth-order valence-corrected chi connectivity index (χ4v) is 2.45. The molecule has 0 saturated carbocycles. The maximum absolute atomic E-state index is 12.6. The zero-order valence-corrected chi connectivity index (χ0v) is 15.7. The molecule has 0 N–H and O–H groups in total. The lowest BCUT2D eigenvalue weighted by Crippen LogP contribution is -2.26. The van der Waals surface area contributed by atoms with Gasteiger partial charge >= 0.3 is 5.97 Å². The van der Waals surface area contributed by atoms with Gasteiger partial charge in [-0.2, -0.15) is 0 Å². The van der Waals surface area contributed by atoms with Crippen molar-refractivity contribution in [3.8, 4) is 0 Å². The van der Waals surface area contributed by atoms with Crippen molar-refractivity contribution in [1.29, 1.82) is 0 Å². The molecule has 136 valence electrons. The number of esters is 1. The van der Waals surface area contributed by atoms with Gasteiger partial charge in [-0.15, -0.1) is 0 Å². The van der Waals surface area contributed by atoms with Gasteiger partial charge in [0.05, 0.1) is 12.7 Å². The lowest BCUT2D eigenvalue weighted by atomic mass is 9.86. The summed E-state index contributed by atoms with van der Waals surface area (Å²) in [4.78, 5) is 37.9. The molecule has 0 aliphatic rings. The van der Waals surface area contributed by atoms with Gasteiger partial charge in [-0.3, -0.25) is 9.59 Å². The summed E-state index contributed by atoms with van der Waals surface area (Å²) in [6.45, 7) is 5.58. The highest BCUT2D eigenvalue weighted by Gasteiger charge is 2.23. The van der Waals surface area contributed by atoms with Gasteiger partial charge in [0.2, 0.25) is 0 Å². The topological polar surface area (TPSA) is 63.7 Å². The van der Waals surface area contributed by atoms with Crippen LogP contribution in [0.3, 0.4) is 0 Å². The van der Waals surface area contributed by atoms with Crippen LogP contribution in [-0.2, 0) is 4.74 Å². The van der Waals surface area contributed by atoms with Gasteiger partial charge in [0.25, 0.3) is 5.91 Å². The number of hydrogen-bond acceptors (Lipinski definition) is 4. The monoisotopic (exact) mass is 353 g/mol. The number of ketones is 1. The molecular formula is C21H23NO4. The van der Waals surface area contributed by atoms with Crippen molar-refractivity contribution in [2.75, 3.05) is 19.1 Å². The number of hydrogen-bond donors (Lipinski definition) is 0. The molecule has 0 unspecified atom stereocenters. The SMILES string of the molecule is COC(=O)c1ccc(N(C)C(=O)c2ccc(C(=O)C(C)(C)C)cc2)cc1. The van der Waals surface area contributed by atoms with Crippen molar-refractivity contribution in [2.45, 2.75) is 20.8 Å². The van der Waals surface area contributed by atoms with Crippen LogP contribution in [0.4, 0.5) is 5.69 Å². The number of amides is 1. The Balaban J connectivity index is 2.18. The minimum absolute atomic E-state index is 0.0308. The van der Waals surface area contributed by atoms with Crippen LogP contribution in [0.5, 0.6) is 0 Å². The summed E-state index contributed by atoms with van der Waals surface area (Å²) >= 11 is 0. The molecule has 0 radical (unpaired) electrons. The molecular weight excluding hydrogens is 330 g/mol. The number of benzene rings is 2. The molecule has 2 rings (SSSR count). The summed E-state index contributed by atoms with van der Waals surface area (Å²) < 4.78 is 4.66. The molecule has 0 heterocycles. The zero-order chi connectivity index (χ0) is 19.5.